The van der Waals surface area contributed by atoms with E-state index in [9.17, 15) is 0 Å². The minimum atomic E-state index is -0.0127. The van der Waals surface area contributed by atoms with Gasteiger partial charge in [0.25, 0.3) is 0 Å². The van der Waals surface area contributed by atoms with Gasteiger partial charge in [0, 0.05) is 36.8 Å². The fraction of sp³-hybridized carbons (Fsp3) is 0.636. The molecule has 0 aliphatic heterocycles. The Morgan fingerprint density at radius 1 is 1.28 bits per heavy atom. The first-order valence-corrected chi connectivity index (χ1v) is 6.60. The van der Waals surface area contributed by atoms with Gasteiger partial charge in [-0.1, -0.05) is 25.9 Å². The van der Waals surface area contributed by atoms with Gasteiger partial charge in [-0.3, -0.25) is 0 Å². The SMILES string of the molecule is Cc1nc(CCNc2nc(C(C)(C)C)ns2)no1. The molecule has 0 amide bonds. The molecule has 0 bridgehead atoms. The Balaban J connectivity index is 1.85. The van der Waals surface area contributed by atoms with Crippen molar-refractivity contribution >= 4 is 16.7 Å². The zero-order valence-corrected chi connectivity index (χ0v) is 11.8. The summed E-state index contributed by atoms with van der Waals surface area (Å²) in [5.41, 5.74) is -0.0127. The Kier molecular flexibility index (Phi) is 3.60. The summed E-state index contributed by atoms with van der Waals surface area (Å²) in [4.78, 5) is 8.59. The third-order valence-electron chi connectivity index (χ3n) is 2.29. The third kappa shape index (κ3) is 3.25. The van der Waals surface area contributed by atoms with Crippen LogP contribution in [0.3, 0.4) is 0 Å². The summed E-state index contributed by atoms with van der Waals surface area (Å²) in [6.07, 6.45) is 0.710. The predicted molar refractivity (Wildman–Crippen MR) is 69.8 cm³/mol. The smallest absolute Gasteiger partial charge is 0.223 e. The largest absolute Gasteiger partial charge is 0.360 e. The number of rotatable bonds is 4. The number of hydrogen-bond acceptors (Lipinski definition) is 7. The van der Waals surface area contributed by atoms with E-state index in [2.05, 4.69) is 45.6 Å². The molecule has 98 valence electrons. The van der Waals surface area contributed by atoms with Crippen molar-refractivity contribution in [1.29, 1.82) is 0 Å². The van der Waals surface area contributed by atoms with E-state index in [1.54, 1.807) is 6.92 Å². The van der Waals surface area contributed by atoms with Crippen molar-refractivity contribution < 1.29 is 4.52 Å². The minimum absolute atomic E-state index is 0.0127. The lowest BCUT2D eigenvalue weighted by atomic mass is 9.96. The highest BCUT2D eigenvalue weighted by Gasteiger charge is 2.19. The lowest BCUT2D eigenvalue weighted by Crippen LogP contribution is -2.13. The number of nitrogens with zero attached hydrogens (tertiary/aromatic N) is 4. The third-order valence-corrected chi connectivity index (χ3v) is 2.96. The molecule has 18 heavy (non-hydrogen) atoms. The normalized spacial score (nSPS) is 11.8. The molecule has 1 N–H and O–H groups in total. The topological polar surface area (TPSA) is 76.7 Å². The number of aromatic nitrogens is 4. The van der Waals surface area contributed by atoms with Crippen LogP contribution in [0.2, 0.25) is 0 Å². The Hall–Kier alpha value is -1.50. The van der Waals surface area contributed by atoms with Crippen LogP contribution in [0.4, 0.5) is 5.13 Å². The lowest BCUT2D eigenvalue weighted by Gasteiger charge is -2.12. The second-order valence-corrected chi connectivity index (χ2v) is 5.83. The highest BCUT2D eigenvalue weighted by Crippen LogP contribution is 2.22. The van der Waals surface area contributed by atoms with Gasteiger partial charge in [0.05, 0.1) is 0 Å². The number of anilines is 1. The molecule has 2 aromatic heterocycles. The van der Waals surface area contributed by atoms with Crippen LogP contribution in [0.1, 0.15) is 38.3 Å². The molecule has 7 heteroatoms. The average molecular weight is 267 g/mol. The van der Waals surface area contributed by atoms with Crippen LogP contribution in [0, 0.1) is 6.92 Å². The molecule has 2 heterocycles. The Bertz CT molecular complexity index is 513. The van der Waals surface area contributed by atoms with E-state index in [0.29, 0.717) is 18.1 Å². The van der Waals surface area contributed by atoms with Crippen molar-refractivity contribution in [3.05, 3.63) is 17.5 Å². The fourth-order valence-electron chi connectivity index (χ4n) is 1.32. The van der Waals surface area contributed by atoms with Crippen LogP contribution in [0.25, 0.3) is 0 Å². The molecule has 0 saturated heterocycles. The second-order valence-electron chi connectivity index (χ2n) is 5.08. The summed E-state index contributed by atoms with van der Waals surface area (Å²) in [6, 6.07) is 0. The first-order valence-electron chi connectivity index (χ1n) is 5.82. The van der Waals surface area contributed by atoms with Crippen LogP contribution in [-0.2, 0) is 11.8 Å². The Labute approximate surface area is 110 Å². The van der Waals surface area contributed by atoms with Crippen molar-refractivity contribution in [1.82, 2.24) is 19.5 Å². The van der Waals surface area contributed by atoms with Gasteiger partial charge in [0.15, 0.2) is 5.82 Å². The molecule has 0 saturated carbocycles. The van der Waals surface area contributed by atoms with Crippen molar-refractivity contribution in [2.45, 2.75) is 39.5 Å². The molecule has 0 atom stereocenters. The highest BCUT2D eigenvalue weighted by atomic mass is 32.1. The quantitative estimate of drug-likeness (QED) is 0.915. The molecule has 0 fully saturated rings. The molecule has 0 radical (unpaired) electrons. The van der Waals surface area contributed by atoms with Crippen LogP contribution >= 0.6 is 11.5 Å². The fourth-order valence-corrected chi connectivity index (χ4v) is 2.11. The molecule has 0 aromatic carbocycles. The molecule has 0 aliphatic carbocycles. The summed E-state index contributed by atoms with van der Waals surface area (Å²) in [5.74, 6) is 2.17. The minimum Gasteiger partial charge on any atom is -0.360 e. The molecule has 0 spiro atoms. The standard InChI is InChI=1S/C11H17N5OS/c1-7-13-8(15-17-7)5-6-12-10-14-9(16-18-10)11(2,3)4/h5-6H2,1-4H3,(H,12,14,16). The van der Waals surface area contributed by atoms with Crippen molar-refractivity contribution in [3.63, 3.8) is 0 Å². The van der Waals surface area contributed by atoms with Crippen molar-refractivity contribution in [3.8, 4) is 0 Å². The van der Waals surface area contributed by atoms with Gasteiger partial charge in [0.2, 0.25) is 11.0 Å². The number of hydrogen-bond donors (Lipinski definition) is 1. The van der Waals surface area contributed by atoms with Gasteiger partial charge in [-0.15, -0.1) is 0 Å². The second kappa shape index (κ2) is 5.01. The van der Waals surface area contributed by atoms with E-state index in [0.717, 1.165) is 17.5 Å². The van der Waals surface area contributed by atoms with Crippen LogP contribution in [0.15, 0.2) is 4.52 Å². The lowest BCUT2D eigenvalue weighted by molar-refractivity contribution is 0.387. The summed E-state index contributed by atoms with van der Waals surface area (Å²) < 4.78 is 9.24. The average Bonchev–Trinajstić information content (AvgIpc) is 2.87. The maximum absolute atomic E-state index is 4.90. The van der Waals surface area contributed by atoms with E-state index < -0.39 is 0 Å². The Morgan fingerprint density at radius 3 is 2.61 bits per heavy atom. The molecule has 6 nitrogen and oxygen atoms in total. The van der Waals surface area contributed by atoms with Gasteiger partial charge >= 0.3 is 0 Å². The van der Waals surface area contributed by atoms with Crippen molar-refractivity contribution in [2.24, 2.45) is 0 Å². The summed E-state index contributed by atoms with van der Waals surface area (Å²) in [7, 11) is 0. The Morgan fingerprint density at radius 2 is 2.06 bits per heavy atom. The first kappa shape index (κ1) is 12.9. The zero-order valence-electron chi connectivity index (χ0n) is 11.0. The maximum Gasteiger partial charge on any atom is 0.223 e. The van der Waals surface area contributed by atoms with Gasteiger partial charge in [-0.05, 0) is 0 Å². The molecular weight excluding hydrogens is 250 g/mol. The van der Waals surface area contributed by atoms with E-state index in [-0.39, 0.29) is 5.41 Å². The molecule has 0 aliphatic rings. The predicted octanol–water partition coefficient (Wildman–Crippen LogP) is 2.18. The number of aryl methyl sites for hydroxylation is 1. The monoisotopic (exact) mass is 267 g/mol. The van der Waals surface area contributed by atoms with E-state index in [1.807, 2.05) is 0 Å². The van der Waals surface area contributed by atoms with Gasteiger partial charge < -0.3 is 9.84 Å². The van der Waals surface area contributed by atoms with Gasteiger partial charge in [0.1, 0.15) is 5.82 Å². The van der Waals surface area contributed by atoms with Crippen molar-refractivity contribution in [2.75, 3.05) is 11.9 Å². The molecular formula is C11H17N5OS. The number of nitrogens with one attached hydrogen (secondary N) is 1. The molecule has 0 unspecified atom stereocenters. The van der Waals surface area contributed by atoms with E-state index in [1.165, 1.54) is 11.5 Å². The summed E-state index contributed by atoms with van der Waals surface area (Å²) >= 11 is 1.38. The maximum atomic E-state index is 4.90. The summed E-state index contributed by atoms with van der Waals surface area (Å²) in [5, 5.41) is 7.88. The van der Waals surface area contributed by atoms with Crippen LogP contribution < -0.4 is 5.32 Å². The van der Waals surface area contributed by atoms with E-state index in [4.69, 9.17) is 4.52 Å². The molecule has 2 aromatic rings. The zero-order chi connectivity index (χ0) is 13.2. The van der Waals surface area contributed by atoms with Crippen LogP contribution in [0.5, 0.6) is 0 Å². The van der Waals surface area contributed by atoms with Crippen LogP contribution in [-0.4, -0.2) is 26.0 Å². The van der Waals surface area contributed by atoms with Gasteiger partial charge in [-0.2, -0.15) is 9.36 Å². The summed E-state index contributed by atoms with van der Waals surface area (Å²) in [6.45, 7) is 8.80. The molecule has 2 rings (SSSR count). The highest BCUT2D eigenvalue weighted by molar-refractivity contribution is 7.09. The van der Waals surface area contributed by atoms with E-state index >= 15 is 0 Å². The first-order chi connectivity index (χ1) is 8.45. The van der Waals surface area contributed by atoms with Gasteiger partial charge in [-0.25, -0.2) is 4.98 Å².